The first-order chi connectivity index (χ1) is 35.4. The quantitative estimate of drug-likeness (QED) is 0.0390. The highest BCUT2D eigenvalue weighted by Gasteiger charge is 2.37. The van der Waals surface area contributed by atoms with Gasteiger partial charge in [-0.05, 0) is 88.4 Å². The molecule has 0 bridgehead atoms. The summed E-state index contributed by atoms with van der Waals surface area (Å²) in [5.74, 6) is -2.77. The number of alkyl halides is 6. The number of nitrogens with zero attached hydrogens (tertiary/aromatic N) is 8. The molecule has 2 aromatic heterocycles. The van der Waals surface area contributed by atoms with Gasteiger partial charge in [0.25, 0.3) is 0 Å². The van der Waals surface area contributed by atoms with Crippen LogP contribution < -0.4 is 32.3 Å². The van der Waals surface area contributed by atoms with E-state index < -0.39 is 72.5 Å². The number of halogens is 6. The van der Waals surface area contributed by atoms with Crippen LogP contribution in [0.3, 0.4) is 0 Å². The van der Waals surface area contributed by atoms with E-state index >= 15 is 0 Å². The highest BCUT2D eigenvalue weighted by molar-refractivity contribution is 7.91. The third-order valence-electron chi connectivity index (χ3n) is 12.6. The normalized spacial score (nSPS) is 14.7. The van der Waals surface area contributed by atoms with Gasteiger partial charge in [0.2, 0.25) is 20.9 Å². The topological polar surface area (TPSA) is 223 Å². The Balaban J connectivity index is 0.000000198. The molecule has 0 radical (unpaired) electrons. The Kier molecular flexibility index (Phi) is 18.5. The Hall–Kier alpha value is -7.37. The van der Waals surface area contributed by atoms with Crippen LogP contribution in [0.1, 0.15) is 77.6 Å². The van der Waals surface area contributed by atoms with Gasteiger partial charge in [-0.25, -0.2) is 23.4 Å². The van der Waals surface area contributed by atoms with Crippen molar-refractivity contribution in [3.63, 3.8) is 0 Å². The maximum atomic E-state index is 13.3. The molecule has 0 unspecified atom stereocenters. The summed E-state index contributed by atoms with van der Waals surface area (Å²) < 4.78 is 102. The SMILES string of the molecule is CC(C)N1CCN(c2ccc(N)cc2)CC1.CC(C)N1CCN(c2ccc(Nc3ncc(C(=O)c4ccccc4C(F)(F)F)c(N)n3)cc2)CC1.CCS(=O)(=O)c1ncc(C(=O)c2ccccc2C(F)(F)F)c(N)n1. The van der Waals surface area contributed by atoms with Crippen LogP contribution in [0.4, 0.5) is 66.7 Å². The van der Waals surface area contributed by atoms with Crippen molar-refractivity contribution in [1.29, 1.82) is 0 Å². The van der Waals surface area contributed by atoms with Gasteiger partial charge in [-0.2, -0.15) is 31.3 Å². The lowest BCUT2D eigenvalue weighted by molar-refractivity contribution is -0.138. The maximum absolute atomic E-state index is 13.3. The van der Waals surface area contributed by atoms with Crippen molar-refractivity contribution in [2.24, 2.45) is 0 Å². The number of piperazine rings is 2. The predicted molar refractivity (Wildman–Crippen MR) is 279 cm³/mol. The van der Waals surface area contributed by atoms with Crippen LogP contribution in [0.15, 0.2) is 115 Å². The molecule has 2 aliphatic heterocycles. The first kappa shape index (κ1) is 56.9. The van der Waals surface area contributed by atoms with E-state index in [0.717, 1.165) is 112 Å². The highest BCUT2D eigenvalue weighted by atomic mass is 32.2. The lowest BCUT2D eigenvalue weighted by Gasteiger charge is -2.38. The van der Waals surface area contributed by atoms with Crippen LogP contribution >= 0.6 is 0 Å². The first-order valence-corrected chi connectivity index (χ1v) is 25.6. The molecule has 400 valence electrons. The van der Waals surface area contributed by atoms with E-state index in [2.05, 4.69) is 84.7 Å². The van der Waals surface area contributed by atoms with Crippen LogP contribution in [0, 0.1) is 0 Å². The summed E-state index contributed by atoms with van der Waals surface area (Å²) >= 11 is 0. The van der Waals surface area contributed by atoms with E-state index in [4.69, 9.17) is 17.2 Å². The van der Waals surface area contributed by atoms with Gasteiger partial charge in [0.15, 0.2) is 11.6 Å². The summed E-state index contributed by atoms with van der Waals surface area (Å²) in [6.07, 6.45) is -7.44. The van der Waals surface area contributed by atoms with Gasteiger partial charge in [-0.3, -0.25) is 19.4 Å². The van der Waals surface area contributed by atoms with Gasteiger partial charge in [-0.1, -0.05) is 43.3 Å². The second-order valence-electron chi connectivity index (χ2n) is 18.1. The smallest absolute Gasteiger partial charge is 0.399 e. The summed E-state index contributed by atoms with van der Waals surface area (Å²) in [6, 6.07) is 25.9. The fraction of sp³-hybridized carbons (Fsp3) is 0.346. The summed E-state index contributed by atoms with van der Waals surface area (Å²) in [6.45, 7) is 18.8. The number of carbonyl (C=O) groups excluding carboxylic acids is 2. The number of nitrogen functional groups attached to an aromatic ring is 3. The molecule has 75 heavy (non-hydrogen) atoms. The van der Waals surface area contributed by atoms with Crippen molar-refractivity contribution in [3.8, 4) is 0 Å². The third-order valence-corrected chi connectivity index (χ3v) is 14.1. The number of aromatic nitrogens is 4. The summed E-state index contributed by atoms with van der Waals surface area (Å²) in [4.78, 5) is 50.1. The Morgan fingerprint density at radius 3 is 1.36 bits per heavy atom. The minimum atomic E-state index is -4.73. The summed E-state index contributed by atoms with van der Waals surface area (Å²) in [7, 11) is -3.75. The largest absolute Gasteiger partial charge is 0.417 e. The Morgan fingerprint density at radius 1 is 0.573 bits per heavy atom. The van der Waals surface area contributed by atoms with Crippen molar-refractivity contribution >= 4 is 61.7 Å². The number of carbonyl (C=O) groups is 2. The standard InChI is InChI=1S/C25H27F3N6O.C14H12F3N3O3S.C13H21N3/c1-16(2)33-11-13-34(14-12-33)18-9-7-17(8-10-18)31-24-30-15-20(23(29)32-24)22(35)19-5-3-4-6-21(19)25(26,27)28;1-2-24(22,23)13-19-7-9(12(18)20-13)11(21)8-5-3-4-6-10(8)14(15,16)17;1-11(2)15-7-9-16(10-8-15)13-5-3-12(14)4-6-13/h3-10,15-16H,11-14H2,1-2H3,(H3,29,30,31,32);3-7H,2H2,1H3,(H2,18,19,20);3-6,11H,7-10,14H2,1-2H3. The molecule has 0 atom stereocenters. The number of benzene rings is 4. The van der Waals surface area contributed by atoms with E-state index in [1.807, 2.05) is 36.4 Å². The van der Waals surface area contributed by atoms with E-state index in [1.54, 1.807) is 0 Å². The third kappa shape index (κ3) is 14.7. The van der Waals surface area contributed by atoms with Crippen LogP contribution in [0.25, 0.3) is 0 Å². The molecule has 2 aliphatic rings. The lowest BCUT2D eigenvalue weighted by atomic mass is 9.99. The Bertz CT molecular complexity index is 3020. The van der Waals surface area contributed by atoms with E-state index in [0.29, 0.717) is 12.1 Å². The summed E-state index contributed by atoms with van der Waals surface area (Å²) in [5.41, 5.74) is 17.3. The molecule has 4 heterocycles. The second kappa shape index (κ2) is 24.3. The first-order valence-electron chi connectivity index (χ1n) is 24.0. The number of sulfone groups is 1. The maximum Gasteiger partial charge on any atom is 0.417 e. The van der Waals surface area contributed by atoms with E-state index in [1.165, 1.54) is 30.8 Å². The molecule has 8 rings (SSSR count). The number of nitrogens with two attached hydrogens (primary N) is 3. The Labute approximate surface area is 431 Å². The van der Waals surface area contributed by atoms with Gasteiger partial charge in [-0.15, -0.1) is 0 Å². The fourth-order valence-corrected chi connectivity index (χ4v) is 8.88. The van der Waals surface area contributed by atoms with Crippen molar-refractivity contribution in [2.75, 3.05) is 90.4 Å². The van der Waals surface area contributed by atoms with Crippen LogP contribution in [-0.2, 0) is 22.2 Å². The lowest BCUT2D eigenvalue weighted by Crippen LogP contribution is -2.48. The van der Waals surface area contributed by atoms with Gasteiger partial charge < -0.3 is 32.3 Å². The molecular weight excluding hydrogens is 1000 g/mol. The monoisotopic (exact) mass is 1060 g/mol. The summed E-state index contributed by atoms with van der Waals surface area (Å²) in [5, 5.41) is 2.44. The number of hydrogen-bond acceptors (Lipinski definition) is 16. The zero-order valence-corrected chi connectivity index (χ0v) is 42.8. The van der Waals surface area contributed by atoms with Crippen molar-refractivity contribution in [1.82, 2.24) is 29.7 Å². The molecule has 4 aromatic carbocycles. The van der Waals surface area contributed by atoms with Gasteiger partial charge in [0.1, 0.15) is 11.6 Å². The zero-order valence-electron chi connectivity index (χ0n) is 42.0. The fourth-order valence-electron chi connectivity index (χ4n) is 8.17. The van der Waals surface area contributed by atoms with Crippen molar-refractivity contribution in [2.45, 2.75) is 64.2 Å². The van der Waals surface area contributed by atoms with Crippen LogP contribution in [-0.4, -0.2) is 120 Å². The molecule has 2 fully saturated rings. The number of nitrogens with one attached hydrogen (secondary N) is 1. The molecular formula is C52H60F6N12O4S. The second-order valence-corrected chi connectivity index (χ2v) is 20.3. The van der Waals surface area contributed by atoms with Gasteiger partial charge in [0, 0.05) is 111 Å². The van der Waals surface area contributed by atoms with Crippen molar-refractivity contribution < 1.29 is 44.3 Å². The average molecular weight is 1060 g/mol. The van der Waals surface area contributed by atoms with E-state index in [-0.39, 0.29) is 23.1 Å². The number of ketones is 2. The molecule has 0 aliphatic carbocycles. The minimum absolute atomic E-state index is 0.140. The predicted octanol–water partition coefficient (Wildman–Crippen LogP) is 8.48. The van der Waals surface area contributed by atoms with E-state index in [9.17, 15) is 44.3 Å². The van der Waals surface area contributed by atoms with Crippen LogP contribution in [0.5, 0.6) is 0 Å². The molecule has 16 nitrogen and oxygen atoms in total. The number of hydrogen-bond donors (Lipinski definition) is 4. The molecule has 0 spiro atoms. The van der Waals surface area contributed by atoms with Crippen LogP contribution in [0.2, 0.25) is 0 Å². The molecule has 0 amide bonds. The number of anilines is 7. The minimum Gasteiger partial charge on any atom is -0.399 e. The number of rotatable bonds is 12. The van der Waals surface area contributed by atoms with Crippen molar-refractivity contribution in [3.05, 3.63) is 143 Å². The molecule has 2 saturated heterocycles. The average Bonchev–Trinajstić information content (AvgIpc) is 3.38. The molecule has 0 saturated carbocycles. The van der Waals surface area contributed by atoms with Gasteiger partial charge >= 0.3 is 12.4 Å². The highest BCUT2D eigenvalue weighted by Crippen LogP contribution is 2.35. The van der Waals surface area contributed by atoms with Gasteiger partial charge in [0.05, 0.1) is 28.0 Å². The Morgan fingerprint density at radius 2 is 0.973 bits per heavy atom. The zero-order chi connectivity index (χ0) is 54.8. The molecule has 23 heteroatoms. The molecule has 7 N–H and O–H groups in total. The molecule has 6 aromatic rings.